The Hall–Kier alpha value is -0.900. The Bertz CT molecular complexity index is 328. The second-order valence-corrected chi connectivity index (χ2v) is 4.61. The van der Waals surface area contributed by atoms with Crippen molar-refractivity contribution in [2.45, 2.75) is 39.8 Å². The molecular weight excluding hydrogens is 238 g/mol. The van der Waals surface area contributed by atoms with E-state index in [4.69, 9.17) is 9.47 Å². The third kappa shape index (κ3) is 7.31. The van der Waals surface area contributed by atoms with Gasteiger partial charge in [-0.2, -0.15) is 0 Å². The first-order chi connectivity index (χ1) is 9.38. The molecule has 19 heavy (non-hydrogen) atoms. The predicted octanol–water partition coefficient (Wildman–Crippen LogP) is 3.13. The van der Waals surface area contributed by atoms with Crippen molar-refractivity contribution in [1.29, 1.82) is 0 Å². The van der Waals surface area contributed by atoms with E-state index in [1.807, 2.05) is 0 Å². The Labute approximate surface area is 117 Å². The first kappa shape index (κ1) is 16.2. The maximum Gasteiger partial charge on any atom is 0.0721 e. The third-order valence-electron chi connectivity index (χ3n) is 2.84. The fourth-order valence-electron chi connectivity index (χ4n) is 1.82. The summed E-state index contributed by atoms with van der Waals surface area (Å²) in [6.07, 6.45) is 2.22. The van der Waals surface area contributed by atoms with E-state index in [2.05, 4.69) is 43.4 Å². The molecule has 0 spiro atoms. The van der Waals surface area contributed by atoms with Crippen molar-refractivity contribution in [2.24, 2.45) is 0 Å². The van der Waals surface area contributed by atoms with E-state index in [0.717, 1.165) is 32.5 Å². The van der Waals surface area contributed by atoms with Crippen LogP contribution in [0, 0.1) is 0 Å². The van der Waals surface area contributed by atoms with Gasteiger partial charge in [-0.15, -0.1) is 0 Å². The van der Waals surface area contributed by atoms with Gasteiger partial charge in [0.15, 0.2) is 0 Å². The smallest absolute Gasteiger partial charge is 0.0721 e. The Morgan fingerprint density at radius 3 is 2.37 bits per heavy atom. The van der Waals surface area contributed by atoms with Crippen LogP contribution in [0.15, 0.2) is 24.3 Å². The molecule has 108 valence electrons. The molecule has 0 radical (unpaired) electrons. The summed E-state index contributed by atoms with van der Waals surface area (Å²) < 4.78 is 11.1. The lowest BCUT2D eigenvalue weighted by Gasteiger charge is -2.11. The highest BCUT2D eigenvalue weighted by atomic mass is 16.5. The SMILES string of the molecule is CCCNCc1ccccc1COCCOCCC. The number of nitrogens with one attached hydrogen (secondary N) is 1. The quantitative estimate of drug-likeness (QED) is 0.624. The van der Waals surface area contributed by atoms with Crippen molar-refractivity contribution in [1.82, 2.24) is 5.32 Å². The molecule has 0 saturated carbocycles. The highest BCUT2D eigenvalue weighted by Crippen LogP contribution is 2.10. The van der Waals surface area contributed by atoms with E-state index < -0.39 is 0 Å². The number of hydrogen-bond donors (Lipinski definition) is 1. The molecule has 0 aliphatic carbocycles. The van der Waals surface area contributed by atoms with Crippen molar-refractivity contribution in [3.05, 3.63) is 35.4 Å². The fraction of sp³-hybridized carbons (Fsp3) is 0.625. The van der Waals surface area contributed by atoms with Crippen LogP contribution in [0.25, 0.3) is 0 Å². The average molecular weight is 265 g/mol. The summed E-state index contributed by atoms with van der Waals surface area (Å²) in [5, 5.41) is 3.43. The maximum atomic E-state index is 5.66. The van der Waals surface area contributed by atoms with Crippen molar-refractivity contribution < 1.29 is 9.47 Å². The first-order valence-electron chi connectivity index (χ1n) is 7.31. The highest BCUT2D eigenvalue weighted by Gasteiger charge is 2.01. The van der Waals surface area contributed by atoms with Crippen molar-refractivity contribution in [3.8, 4) is 0 Å². The Kier molecular flexibility index (Phi) is 9.33. The van der Waals surface area contributed by atoms with E-state index in [1.165, 1.54) is 11.1 Å². The Morgan fingerprint density at radius 1 is 0.895 bits per heavy atom. The summed E-state index contributed by atoms with van der Waals surface area (Å²) in [4.78, 5) is 0. The number of ether oxygens (including phenoxy) is 2. The standard InChI is InChI=1S/C16H27NO2/c1-3-9-17-13-15-7-5-6-8-16(15)14-19-12-11-18-10-4-2/h5-8,17H,3-4,9-14H2,1-2H3. The van der Waals surface area contributed by atoms with Crippen LogP contribution in [0.1, 0.15) is 37.8 Å². The van der Waals surface area contributed by atoms with Crippen molar-refractivity contribution >= 4 is 0 Å². The van der Waals surface area contributed by atoms with Crippen molar-refractivity contribution in [3.63, 3.8) is 0 Å². The topological polar surface area (TPSA) is 30.5 Å². The summed E-state index contributed by atoms with van der Waals surface area (Å²) in [6.45, 7) is 9.10. The van der Waals surface area contributed by atoms with Gasteiger partial charge in [-0.25, -0.2) is 0 Å². The van der Waals surface area contributed by atoms with E-state index in [9.17, 15) is 0 Å². The number of hydrogen-bond acceptors (Lipinski definition) is 3. The van der Waals surface area contributed by atoms with E-state index >= 15 is 0 Å². The van der Waals surface area contributed by atoms with E-state index in [1.54, 1.807) is 0 Å². The molecule has 3 nitrogen and oxygen atoms in total. The van der Waals surface area contributed by atoms with Gasteiger partial charge in [-0.3, -0.25) is 0 Å². The van der Waals surface area contributed by atoms with Gasteiger partial charge < -0.3 is 14.8 Å². The molecule has 1 N–H and O–H groups in total. The summed E-state index contributed by atoms with van der Waals surface area (Å²) >= 11 is 0. The minimum atomic E-state index is 0.663. The van der Waals surface area contributed by atoms with Gasteiger partial charge in [0, 0.05) is 13.2 Å². The van der Waals surface area contributed by atoms with E-state index in [-0.39, 0.29) is 0 Å². The van der Waals surface area contributed by atoms with Crippen LogP contribution >= 0.6 is 0 Å². The molecular formula is C16H27NO2. The summed E-state index contributed by atoms with van der Waals surface area (Å²) in [5.41, 5.74) is 2.59. The largest absolute Gasteiger partial charge is 0.379 e. The molecule has 0 heterocycles. The molecule has 0 aliphatic heterocycles. The highest BCUT2D eigenvalue weighted by molar-refractivity contribution is 5.26. The van der Waals surface area contributed by atoms with Crippen LogP contribution < -0.4 is 5.32 Å². The number of benzene rings is 1. The first-order valence-corrected chi connectivity index (χ1v) is 7.31. The van der Waals surface area contributed by atoms with Crippen molar-refractivity contribution in [2.75, 3.05) is 26.4 Å². The zero-order valence-corrected chi connectivity index (χ0v) is 12.3. The minimum Gasteiger partial charge on any atom is -0.379 e. The fourth-order valence-corrected chi connectivity index (χ4v) is 1.82. The molecule has 0 unspecified atom stereocenters. The molecule has 3 heteroatoms. The van der Waals surface area contributed by atoms with Gasteiger partial charge in [0.1, 0.15) is 0 Å². The second kappa shape index (κ2) is 11.0. The van der Waals surface area contributed by atoms with Gasteiger partial charge in [-0.1, -0.05) is 38.1 Å². The van der Waals surface area contributed by atoms with Gasteiger partial charge in [0.05, 0.1) is 19.8 Å². The zero-order chi connectivity index (χ0) is 13.8. The summed E-state index contributed by atoms with van der Waals surface area (Å²) in [5.74, 6) is 0. The zero-order valence-electron chi connectivity index (χ0n) is 12.3. The third-order valence-corrected chi connectivity index (χ3v) is 2.84. The van der Waals surface area contributed by atoms with Crippen LogP contribution in [-0.4, -0.2) is 26.4 Å². The van der Waals surface area contributed by atoms with Gasteiger partial charge >= 0.3 is 0 Å². The summed E-state index contributed by atoms with van der Waals surface area (Å²) in [7, 11) is 0. The molecule has 0 saturated heterocycles. The van der Waals surface area contributed by atoms with Gasteiger partial charge in [0.2, 0.25) is 0 Å². The molecule has 0 atom stereocenters. The molecule has 0 aromatic heterocycles. The molecule has 1 aromatic rings. The van der Waals surface area contributed by atoms with E-state index in [0.29, 0.717) is 19.8 Å². The predicted molar refractivity (Wildman–Crippen MR) is 79.2 cm³/mol. The lowest BCUT2D eigenvalue weighted by molar-refractivity contribution is 0.0406. The Morgan fingerprint density at radius 2 is 1.63 bits per heavy atom. The lowest BCUT2D eigenvalue weighted by atomic mass is 10.1. The van der Waals surface area contributed by atoms with Crippen LogP contribution in [-0.2, 0) is 22.6 Å². The Balaban J connectivity index is 2.27. The second-order valence-electron chi connectivity index (χ2n) is 4.61. The van der Waals surface area contributed by atoms with Crippen LogP contribution in [0.4, 0.5) is 0 Å². The molecule has 1 rings (SSSR count). The lowest BCUT2D eigenvalue weighted by Crippen LogP contribution is -2.15. The minimum absolute atomic E-state index is 0.663. The monoisotopic (exact) mass is 265 g/mol. The molecule has 1 aromatic carbocycles. The number of rotatable bonds is 11. The van der Waals surface area contributed by atoms with Crippen LogP contribution in [0.5, 0.6) is 0 Å². The summed E-state index contributed by atoms with van der Waals surface area (Å²) in [6, 6.07) is 8.44. The molecule has 0 aliphatic rings. The maximum absolute atomic E-state index is 5.66. The van der Waals surface area contributed by atoms with Gasteiger partial charge in [0.25, 0.3) is 0 Å². The normalized spacial score (nSPS) is 10.8. The molecule has 0 bridgehead atoms. The molecule has 0 amide bonds. The van der Waals surface area contributed by atoms with Crippen LogP contribution in [0.3, 0.4) is 0 Å². The van der Waals surface area contributed by atoms with Crippen LogP contribution in [0.2, 0.25) is 0 Å². The molecule has 0 fully saturated rings. The van der Waals surface area contributed by atoms with Gasteiger partial charge in [-0.05, 0) is 30.5 Å². The average Bonchev–Trinajstić information content (AvgIpc) is 2.44.